The van der Waals surface area contributed by atoms with E-state index < -0.39 is 12.0 Å². The maximum absolute atomic E-state index is 13.8. The summed E-state index contributed by atoms with van der Waals surface area (Å²) in [7, 11) is 0. The molecule has 2 aromatic carbocycles. The first-order chi connectivity index (χ1) is 18.3. The Balaban J connectivity index is 1.75. The van der Waals surface area contributed by atoms with E-state index in [0.717, 1.165) is 41.0 Å². The predicted molar refractivity (Wildman–Crippen MR) is 155 cm³/mol. The van der Waals surface area contributed by atoms with Crippen molar-refractivity contribution < 1.29 is 14.3 Å². The van der Waals surface area contributed by atoms with E-state index in [1.807, 2.05) is 74.7 Å². The first-order valence-corrected chi connectivity index (χ1v) is 15.0. The molecular weight excluding hydrogens is 516 g/mol. The van der Waals surface area contributed by atoms with Gasteiger partial charge in [-0.2, -0.15) is 0 Å². The summed E-state index contributed by atoms with van der Waals surface area (Å²) < 4.78 is 13.6. The van der Waals surface area contributed by atoms with Crippen LogP contribution in [0.3, 0.4) is 0 Å². The standard InChI is InChI=1S/C30H34N2O4S2/c1-6-7-8-17-35-23-13-9-21(10-14-23)18-25-28(33)32-27(22-11-15-24(37-5)16-12-22)26(29(34)36-19(2)3)20(4)31-30(32)38-25/h9-16,18-19,27H,6-8,17H2,1-5H3. The molecule has 0 amide bonds. The number of esters is 1. The highest BCUT2D eigenvalue weighted by atomic mass is 32.2. The Hall–Kier alpha value is -3.10. The lowest BCUT2D eigenvalue weighted by Gasteiger charge is -2.25. The second kappa shape index (κ2) is 12.6. The first-order valence-electron chi connectivity index (χ1n) is 12.9. The van der Waals surface area contributed by atoms with Crippen LogP contribution in [0.15, 0.2) is 74.5 Å². The summed E-state index contributed by atoms with van der Waals surface area (Å²) in [6, 6.07) is 15.1. The Kier molecular flexibility index (Phi) is 9.28. The summed E-state index contributed by atoms with van der Waals surface area (Å²) in [5.74, 6) is 0.362. The van der Waals surface area contributed by atoms with E-state index in [-0.39, 0.29) is 11.7 Å². The Morgan fingerprint density at radius 2 is 1.84 bits per heavy atom. The number of fused-ring (bicyclic) bond motifs is 1. The molecule has 38 heavy (non-hydrogen) atoms. The number of carbonyl (C=O) groups is 1. The van der Waals surface area contributed by atoms with Gasteiger partial charge < -0.3 is 9.47 Å². The molecule has 1 aliphatic heterocycles. The topological polar surface area (TPSA) is 69.9 Å². The molecule has 0 N–H and O–H groups in total. The number of aromatic nitrogens is 1. The van der Waals surface area contributed by atoms with Gasteiger partial charge in [-0.1, -0.05) is 55.4 Å². The summed E-state index contributed by atoms with van der Waals surface area (Å²) in [5, 5.41) is 0. The smallest absolute Gasteiger partial charge is 0.338 e. The molecule has 0 aliphatic carbocycles. The molecule has 1 atom stereocenters. The van der Waals surface area contributed by atoms with Crippen LogP contribution in [0.4, 0.5) is 0 Å². The van der Waals surface area contributed by atoms with Crippen molar-refractivity contribution in [3.05, 3.63) is 90.6 Å². The van der Waals surface area contributed by atoms with Crippen molar-refractivity contribution in [2.75, 3.05) is 12.9 Å². The zero-order chi connectivity index (χ0) is 27.2. The average Bonchev–Trinajstić information content (AvgIpc) is 3.20. The summed E-state index contributed by atoms with van der Waals surface area (Å²) >= 11 is 2.96. The molecule has 0 bridgehead atoms. The van der Waals surface area contributed by atoms with Gasteiger partial charge >= 0.3 is 5.97 Å². The molecule has 0 saturated carbocycles. The predicted octanol–water partition coefficient (Wildman–Crippen LogP) is 5.48. The van der Waals surface area contributed by atoms with Crippen molar-refractivity contribution >= 4 is 35.1 Å². The summed E-state index contributed by atoms with van der Waals surface area (Å²) in [6.07, 6.45) is 6.93. The quantitative estimate of drug-likeness (QED) is 0.190. The highest BCUT2D eigenvalue weighted by Gasteiger charge is 2.33. The number of rotatable bonds is 10. The molecule has 8 heteroatoms. The second-order valence-electron chi connectivity index (χ2n) is 9.43. The van der Waals surface area contributed by atoms with Crippen LogP contribution in [0.2, 0.25) is 0 Å². The van der Waals surface area contributed by atoms with Gasteiger partial charge in [0.05, 0.1) is 34.6 Å². The second-order valence-corrected chi connectivity index (χ2v) is 11.3. The third-order valence-corrected chi connectivity index (χ3v) is 7.94. The average molecular weight is 551 g/mol. The molecule has 2 heterocycles. The largest absolute Gasteiger partial charge is 0.494 e. The lowest BCUT2D eigenvalue weighted by Crippen LogP contribution is -2.40. The number of ether oxygens (including phenoxy) is 2. The summed E-state index contributed by atoms with van der Waals surface area (Å²) in [5.41, 5.74) is 2.50. The van der Waals surface area contributed by atoms with Crippen molar-refractivity contribution in [1.82, 2.24) is 4.57 Å². The minimum atomic E-state index is -0.616. The minimum absolute atomic E-state index is 0.185. The monoisotopic (exact) mass is 550 g/mol. The number of hydrogen-bond donors (Lipinski definition) is 0. The highest BCUT2D eigenvalue weighted by Crippen LogP contribution is 2.32. The molecule has 1 aliphatic rings. The number of nitrogens with zero attached hydrogens (tertiary/aromatic N) is 2. The van der Waals surface area contributed by atoms with Gasteiger partial charge in [-0.05, 0) is 74.9 Å². The molecule has 3 aromatic rings. The lowest BCUT2D eigenvalue weighted by atomic mass is 9.96. The van der Waals surface area contributed by atoms with E-state index in [2.05, 4.69) is 11.9 Å². The fourth-order valence-corrected chi connectivity index (χ4v) is 5.77. The highest BCUT2D eigenvalue weighted by molar-refractivity contribution is 7.98. The number of benzene rings is 2. The SMILES string of the molecule is CCCCCOc1ccc(C=c2sc3n(c2=O)C(c2ccc(SC)cc2)C(C(=O)OC(C)C)=C(C)N=3)cc1. The lowest BCUT2D eigenvalue weighted by molar-refractivity contribution is -0.143. The third-order valence-electron chi connectivity index (χ3n) is 6.21. The normalized spacial score (nSPS) is 15.4. The van der Waals surface area contributed by atoms with Crippen LogP contribution in [0.1, 0.15) is 64.1 Å². The van der Waals surface area contributed by atoms with Gasteiger partial charge in [0, 0.05) is 4.90 Å². The molecule has 1 aromatic heterocycles. The molecule has 4 rings (SSSR count). The van der Waals surface area contributed by atoms with E-state index in [0.29, 0.717) is 27.2 Å². The zero-order valence-corrected chi connectivity index (χ0v) is 24.2. The maximum Gasteiger partial charge on any atom is 0.338 e. The Morgan fingerprint density at radius 3 is 2.47 bits per heavy atom. The fourth-order valence-electron chi connectivity index (χ4n) is 4.32. The number of unbranched alkanes of at least 4 members (excludes halogenated alkanes) is 2. The van der Waals surface area contributed by atoms with Crippen LogP contribution >= 0.6 is 23.1 Å². The van der Waals surface area contributed by atoms with Crippen LogP contribution in [0.5, 0.6) is 5.75 Å². The van der Waals surface area contributed by atoms with E-state index >= 15 is 0 Å². The summed E-state index contributed by atoms with van der Waals surface area (Å²) in [4.78, 5) is 33.3. The van der Waals surface area contributed by atoms with Gasteiger partial charge in [0.15, 0.2) is 4.80 Å². The maximum atomic E-state index is 13.8. The van der Waals surface area contributed by atoms with E-state index in [9.17, 15) is 9.59 Å². The van der Waals surface area contributed by atoms with Gasteiger partial charge in [-0.3, -0.25) is 9.36 Å². The Morgan fingerprint density at radius 1 is 1.13 bits per heavy atom. The zero-order valence-electron chi connectivity index (χ0n) is 22.5. The molecule has 0 fully saturated rings. The Labute approximate surface area is 231 Å². The number of thiazole rings is 1. The van der Waals surface area contributed by atoms with Crippen molar-refractivity contribution in [1.29, 1.82) is 0 Å². The van der Waals surface area contributed by atoms with Gasteiger partial charge in [-0.15, -0.1) is 11.8 Å². The van der Waals surface area contributed by atoms with Crippen molar-refractivity contribution in [2.45, 2.75) is 64.0 Å². The minimum Gasteiger partial charge on any atom is -0.494 e. The third kappa shape index (κ3) is 6.30. The number of allylic oxidation sites excluding steroid dienone is 1. The summed E-state index contributed by atoms with van der Waals surface area (Å²) in [6.45, 7) is 8.29. The van der Waals surface area contributed by atoms with Gasteiger partial charge in [-0.25, -0.2) is 9.79 Å². The number of carbonyl (C=O) groups excluding carboxylic acids is 1. The Bertz CT molecular complexity index is 1480. The van der Waals surface area contributed by atoms with Crippen molar-refractivity contribution in [3.8, 4) is 5.75 Å². The van der Waals surface area contributed by atoms with Gasteiger partial charge in [0.1, 0.15) is 5.75 Å². The molecule has 0 saturated heterocycles. The van der Waals surface area contributed by atoms with Gasteiger partial charge in [0.2, 0.25) is 0 Å². The van der Waals surface area contributed by atoms with Crippen LogP contribution in [0, 0.1) is 0 Å². The van der Waals surface area contributed by atoms with Crippen molar-refractivity contribution in [3.63, 3.8) is 0 Å². The fraction of sp³-hybridized carbons (Fsp3) is 0.367. The molecule has 0 radical (unpaired) electrons. The molecular formula is C30H34N2O4S2. The molecule has 6 nitrogen and oxygen atoms in total. The molecule has 200 valence electrons. The van der Waals surface area contributed by atoms with Crippen molar-refractivity contribution in [2.24, 2.45) is 4.99 Å². The molecule has 1 unspecified atom stereocenters. The van der Waals surface area contributed by atoms with Crippen LogP contribution in [-0.4, -0.2) is 29.5 Å². The van der Waals surface area contributed by atoms with Crippen LogP contribution in [0.25, 0.3) is 6.08 Å². The van der Waals surface area contributed by atoms with E-state index in [1.165, 1.54) is 11.3 Å². The number of hydrogen-bond acceptors (Lipinski definition) is 7. The number of thioether (sulfide) groups is 1. The van der Waals surface area contributed by atoms with E-state index in [4.69, 9.17) is 9.47 Å². The first kappa shape index (κ1) is 27.9. The van der Waals surface area contributed by atoms with Crippen LogP contribution < -0.4 is 19.6 Å². The van der Waals surface area contributed by atoms with E-state index in [1.54, 1.807) is 23.3 Å². The van der Waals surface area contributed by atoms with Crippen LogP contribution in [-0.2, 0) is 9.53 Å². The molecule has 0 spiro atoms. The van der Waals surface area contributed by atoms with Gasteiger partial charge in [0.25, 0.3) is 5.56 Å².